The Morgan fingerprint density at radius 3 is 0.250 bits per heavy atom. The Hall–Kier alpha value is 0.239. The molecular weight excluding hydrogens is 168 g/mol. The van der Waals surface area contributed by atoms with Gasteiger partial charge in [-0.25, -0.2) is 0 Å². The zero-order valence-corrected chi connectivity index (χ0v) is 4.96. The Kier molecular flexibility index (Phi) is 4630000. The van der Waals surface area contributed by atoms with E-state index in [0.29, 0.717) is 0 Å². The summed E-state index contributed by atoms with van der Waals surface area (Å²) in [5, 5.41) is 0. The molecule has 14 N–H and O–H groups in total. The Balaban J connectivity index is 0. The van der Waals surface area contributed by atoms with Gasteiger partial charge in [0.25, 0.3) is 0 Å². The smallest absolute Gasteiger partial charge is 0.412 e. The van der Waals surface area contributed by atoms with Crippen LogP contribution in [0.2, 0.25) is 0 Å². The van der Waals surface area contributed by atoms with E-state index in [9.17, 15) is 0 Å². The van der Waals surface area contributed by atoms with E-state index in [1.807, 2.05) is 0 Å². The van der Waals surface area contributed by atoms with E-state index < -0.39 is 0 Å². The van der Waals surface area contributed by atoms with Crippen LogP contribution in [0.3, 0.4) is 0 Å². The largest absolute Gasteiger partial charge is 2.00 e. The minimum absolute atomic E-state index is 0. The van der Waals surface area contributed by atoms with Crippen molar-refractivity contribution in [3.63, 3.8) is 0 Å². The van der Waals surface area contributed by atoms with Gasteiger partial charge in [-0.3, -0.25) is 0 Å². The first-order valence-corrected chi connectivity index (χ1v) is 0. The van der Waals surface area contributed by atoms with Gasteiger partial charge in [-0.15, -0.1) is 0 Å². The zero-order valence-electron chi connectivity index (χ0n) is 3.85. The molecule has 0 saturated carbocycles. The van der Waals surface area contributed by atoms with Crippen molar-refractivity contribution in [1.82, 2.24) is 0 Å². The molecule has 0 aliphatic carbocycles. The minimum Gasteiger partial charge on any atom is -0.412 e. The maximum atomic E-state index is 0. The van der Waals surface area contributed by atoms with E-state index in [4.69, 9.17) is 0 Å². The van der Waals surface area contributed by atoms with E-state index in [1.54, 1.807) is 0 Å². The fourth-order valence-electron chi connectivity index (χ4n) is 0. The summed E-state index contributed by atoms with van der Waals surface area (Å²) in [7, 11) is 0. The van der Waals surface area contributed by atoms with Gasteiger partial charge < -0.3 is 38.3 Å². The van der Waals surface area contributed by atoms with Crippen molar-refractivity contribution in [2.75, 3.05) is 0 Å². The molecule has 0 aliphatic rings. The second-order valence-corrected chi connectivity index (χ2v) is 0. The van der Waals surface area contributed by atoms with Crippen LogP contribution in [-0.4, -0.2) is 38.3 Å². The molecule has 7 nitrogen and oxygen atoms in total. The number of hydrogen-bond donors (Lipinski definition) is 0. The molecule has 62 valence electrons. The first kappa shape index (κ1) is 7530. The summed E-state index contributed by atoms with van der Waals surface area (Å²) in [5.74, 6) is 0. The van der Waals surface area contributed by atoms with Crippen molar-refractivity contribution in [1.29, 1.82) is 0 Å². The number of hydrogen-bond acceptors (Lipinski definition) is 0. The first-order valence-electron chi connectivity index (χ1n) is 0. The molecule has 0 heterocycles. The minimum atomic E-state index is 0. The van der Waals surface area contributed by atoms with Crippen LogP contribution in [0.15, 0.2) is 0 Å². The SMILES string of the molecule is O.O.O.O.O.O.O.[Fe+2]. The van der Waals surface area contributed by atoms with Gasteiger partial charge in [0.15, 0.2) is 0 Å². The summed E-state index contributed by atoms with van der Waals surface area (Å²) < 4.78 is 0. The molecule has 0 amide bonds. The summed E-state index contributed by atoms with van der Waals surface area (Å²) in [6.07, 6.45) is 0. The Morgan fingerprint density at radius 1 is 0.250 bits per heavy atom. The third-order valence-corrected chi connectivity index (χ3v) is 0. The average Bonchev–Trinajstić information content (AvgIpc) is 0. The van der Waals surface area contributed by atoms with Crippen molar-refractivity contribution in [3.05, 3.63) is 0 Å². The molecular formula is H14FeO7+2. The van der Waals surface area contributed by atoms with E-state index in [-0.39, 0.29) is 55.4 Å². The Bertz CT molecular complexity index is 4.35. The quantitative estimate of drug-likeness (QED) is 0.319. The molecule has 0 atom stereocenters. The van der Waals surface area contributed by atoms with Gasteiger partial charge in [0.1, 0.15) is 0 Å². The molecule has 0 fully saturated rings. The molecule has 0 saturated heterocycles. The van der Waals surface area contributed by atoms with Crippen molar-refractivity contribution in [3.8, 4) is 0 Å². The molecule has 0 unspecified atom stereocenters. The van der Waals surface area contributed by atoms with Crippen LogP contribution >= 0.6 is 0 Å². The Morgan fingerprint density at radius 2 is 0.250 bits per heavy atom. The molecule has 0 bridgehead atoms. The molecule has 0 aromatic rings. The van der Waals surface area contributed by atoms with Gasteiger partial charge in [0.05, 0.1) is 0 Å². The van der Waals surface area contributed by atoms with Gasteiger partial charge in [-0.05, 0) is 0 Å². The van der Waals surface area contributed by atoms with Gasteiger partial charge in [-0.2, -0.15) is 0 Å². The summed E-state index contributed by atoms with van der Waals surface area (Å²) in [4.78, 5) is 0. The van der Waals surface area contributed by atoms with E-state index in [2.05, 4.69) is 0 Å². The van der Waals surface area contributed by atoms with Crippen LogP contribution in [-0.2, 0) is 17.1 Å². The van der Waals surface area contributed by atoms with Gasteiger partial charge in [0.2, 0.25) is 0 Å². The van der Waals surface area contributed by atoms with Crippen molar-refractivity contribution in [2.24, 2.45) is 0 Å². The summed E-state index contributed by atoms with van der Waals surface area (Å²) in [6, 6.07) is 0. The van der Waals surface area contributed by atoms with Crippen LogP contribution < -0.4 is 0 Å². The van der Waals surface area contributed by atoms with Crippen LogP contribution in [0.1, 0.15) is 0 Å². The van der Waals surface area contributed by atoms with Crippen LogP contribution in [0.5, 0.6) is 0 Å². The maximum absolute atomic E-state index is 0. The third kappa shape index (κ3) is 2990. The molecule has 8 heavy (non-hydrogen) atoms. The second-order valence-electron chi connectivity index (χ2n) is 0. The van der Waals surface area contributed by atoms with Crippen molar-refractivity contribution >= 4 is 0 Å². The standard InChI is InChI=1S/Fe.7H2O/h;7*1H2/q+2;;;;;;;. The Labute approximate surface area is 56.3 Å². The second kappa shape index (κ2) is 4910. The molecule has 8 heteroatoms. The van der Waals surface area contributed by atoms with Gasteiger partial charge >= 0.3 is 17.1 Å². The zero-order chi connectivity index (χ0) is 0. The molecule has 0 spiro atoms. The summed E-state index contributed by atoms with van der Waals surface area (Å²) >= 11 is 0. The fourth-order valence-corrected chi connectivity index (χ4v) is 0. The molecule has 0 aliphatic heterocycles. The number of rotatable bonds is 0. The topological polar surface area (TPSA) is 220 Å². The van der Waals surface area contributed by atoms with Crippen LogP contribution in [0, 0.1) is 0 Å². The monoisotopic (exact) mass is 182 g/mol. The van der Waals surface area contributed by atoms with E-state index in [1.165, 1.54) is 0 Å². The predicted molar refractivity (Wildman–Crippen MR) is 25.3 cm³/mol. The maximum Gasteiger partial charge on any atom is 2.00 e. The molecule has 0 aromatic heterocycles. The van der Waals surface area contributed by atoms with Crippen LogP contribution in [0.4, 0.5) is 0 Å². The van der Waals surface area contributed by atoms with E-state index >= 15 is 0 Å². The fraction of sp³-hybridized carbons (Fsp3) is 0. The average molecular weight is 182 g/mol. The van der Waals surface area contributed by atoms with Gasteiger partial charge in [-0.1, -0.05) is 0 Å². The normalized spacial score (nSPS) is 0. The summed E-state index contributed by atoms with van der Waals surface area (Å²) in [6.45, 7) is 0. The predicted octanol–water partition coefficient (Wildman–Crippen LogP) is -5.78. The van der Waals surface area contributed by atoms with Crippen molar-refractivity contribution in [2.45, 2.75) is 0 Å². The van der Waals surface area contributed by atoms with Crippen LogP contribution in [0.25, 0.3) is 0 Å². The van der Waals surface area contributed by atoms with Gasteiger partial charge in [0, 0.05) is 0 Å². The van der Waals surface area contributed by atoms with Crippen molar-refractivity contribution < 1.29 is 55.4 Å². The van der Waals surface area contributed by atoms with E-state index in [0.717, 1.165) is 0 Å². The molecule has 0 aromatic carbocycles. The first-order chi connectivity index (χ1) is 0. The summed E-state index contributed by atoms with van der Waals surface area (Å²) in [5.41, 5.74) is 0. The third-order valence-electron chi connectivity index (χ3n) is 0. The molecule has 0 rings (SSSR count). The molecule has 0 radical (unpaired) electrons.